The predicted octanol–water partition coefficient (Wildman–Crippen LogP) is 3.61. The van der Waals surface area contributed by atoms with Crippen LogP contribution in [0.5, 0.6) is 5.75 Å². The van der Waals surface area contributed by atoms with Gasteiger partial charge in [-0.15, -0.1) is 0 Å². The van der Waals surface area contributed by atoms with Crippen molar-refractivity contribution >= 4 is 23.3 Å². The highest BCUT2D eigenvalue weighted by Gasteiger charge is 2.18. The number of pyridine rings is 1. The predicted molar refractivity (Wildman–Crippen MR) is 106 cm³/mol. The molecule has 6 nitrogen and oxygen atoms in total. The summed E-state index contributed by atoms with van der Waals surface area (Å²) in [4.78, 5) is 18.6. The lowest BCUT2D eigenvalue weighted by Crippen LogP contribution is -2.40. The summed E-state index contributed by atoms with van der Waals surface area (Å²) in [5, 5.41) is 3.92. The van der Waals surface area contributed by atoms with Crippen LogP contribution in [0.3, 0.4) is 0 Å². The Morgan fingerprint density at radius 3 is 2.81 bits per heavy atom. The van der Waals surface area contributed by atoms with Gasteiger partial charge in [-0.3, -0.25) is 4.79 Å². The first-order valence-electron chi connectivity index (χ1n) is 9.15. The molecule has 1 aliphatic rings. The molecule has 2 aromatic rings. The van der Waals surface area contributed by atoms with Crippen molar-refractivity contribution in [3.8, 4) is 5.75 Å². The molecule has 1 aromatic heterocycles. The van der Waals surface area contributed by atoms with Crippen LogP contribution in [0.25, 0.3) is 0 Å². The van der Waals surface area contributed by atoms with Crippen molar-refractivity contribution < 1.29 is 14.3 Å². The lowest BCUT2D eigenvalue weighted by molar-refractivity contribution is 0.0302. The van der Waals surface area contributed by atoms with E-state index in [1.54, 1.807) is 17.2 Å². The quantitative estimate of drug-likeness (QED) is 0.783. The van der Waals surface area contributed by atoms with Crippen LogP contribution in [0.1, 0.15) is 29.3 Å². The first-order chi connectivity index (χ1) is 13.2. The summed E-state index contributed by atoms with van der Waals surface area (Å²) in [6.07, 6.45) is 2.54. The Morgan fingerprint density at radius 1 is 1.30 bits per heavy atom. The molecule has 1 fully saturated rings. The van der Waals surface area contributed by atoms with Gasteiger partial charge in [0, 0.05) is 36.4 Å². The molecular formula is C20H24ClN3O3. The number of amides is 1. The fourth-order valence-corrected chi connectivity index (χ4v) is 2.99. The van der Waals surface area contributed by atoms with Crippen molar-refractivity contribution in [3.05, 3.63) is 52.7 Å². The summed E-state index contributed by atoms with van der Waals surface area (Å²) >= 11 is 6.11. The number of morpholine rings is 1. The Labute approximate surface area is 164 Å². The van der Waals surface area contributed by atoms with Gasteiger partial charge in [-0.2, -0.15) is 0 Å². The van der Waals surface area contributed by atoms with Crippen LogP contribution >= 0.6 is 11.6 Å². The first-order valence-corrected chi connectivity index (χ1v) is 9.53. The van der Waals surface area contributed by atoms with E-state index in [-0.39, 0.29) is 5.91 Å². The first kappa shape index (κ1) is 19.5. The number of halogens is 1. The third-order valence-corrected chi connectivity index (χ3v) is 4.49. The Balaban J connectivity index is 1.62. The minimum Gasteiger partial charge on any atom is -0.493 e. The number of hydrogen-bond acceptors (Lipinski definition) is 5. The molecule has 144 valence electrons. The van der Waals surface area contributed by atoms with Gasteiger partial charge in [-0.25, -0.2) is 4.98 Å². The summed E-state index contributed by atoms with van der Waals surface area (Å²) < 4.78 is 11.1. The third-order valence-electron chi connectivity index (χ3n) is 4.25. The number of aromatic nitrogens is 1. The van der Waals surface area contributed by atoms with Crippen LogP contribution in [-0.4, -0.2) is 48.7 Å². The summed E-state index contributed by atoms with van der Waals surface area (Å²) in [5.74, 6) is 1.49. The molecule has 2 heterocycles. The number of ether oxygens (including phenoxy) is 2. The molecule has 0 saturated carbocycles. The number of nitrogens with zero attached hydrogens (tertiary/aromatic N) is 2. The van der Waals surface area contributed by atoms with Crippen LogP contribution in [0.15, 0.2) is 36.5 Å². The summed E-state index contributed by atoms with van der Waals surface area (Å²) in [7, 11) is 0. The lowest BCUT2D eigenvalue weighted by atomic mass is 10.2. The maximum Gasteiger partial charge on any atom is 0.255 e. The van der Waals surface area contributed by atoms with Gasteiger partial charge in [0.2, 0.25) is 0 Å². The molecule has 1 amide bonds. The number of nitrogens with one attached hydrogen (secondary N) is 1. The number of carbonyl (C=O) groups excluding carboxylic acids is 1. The molecule has 1 N–H and O–H groups in total. The van der Waals surface area contributed by atoms with Crippen LogP contribution < -0.4 is 10.1 Å². The van der Waals surface area contributed by atoms with Crippen molar-refractivity contribution in [3.63, 3.8) is 0 Å². The maximum atomic E-state index is 12.5. The molecule has 1 aliphatic heterocycles. The van der Waals surface area contributed by atoms with E-state index >= 15 is 0 Å². The molecule has 3 rings (SSSR count). The normalized spacial score (nSPS) is 14.1. The second-order valence-corrected chi connectivity index (χ2v) is 6.73. The van der Waals surface area contributed by atoms with Crippen LogP contribution in [-0.2, 0) is 11.3 Å². The van der Waals surface area contributed by atoms with Gasteiger partial charge >= 0.3 is 0 Å². The van der Waals surface area contributed by atoms with E-state index in [9.17, 15) is 4.79 Å². The zero-order chi connectivity index (χ0) is 19.1. The number of benzene rings is 1. The van der Waals surface area contributed by atoms with Crippen LogP contribution in [0.4, 0.5) is 5.82 Å². The highest BCUT2D eigenvalue weighted by Crippen LogP contribution is 2.24. The zero-order valence-corrected chi connectivity index (χ0v) is 16.2. The van der Waals surface area contributed by atoms with E-state index in [4.69, 9.17) is 21.1 Å². The van der Waals surface area contributed by atoms with Crippen molar-refractivity contribution in [1.29, 1.82) is 0 Å². The summed E-state index contributed by atoms with van der Waals surface area (Å²) in [6, 6.07) is 9.19. The number of anilines is 1. The van der Waals surface area contributed by atoms with Gasteiger partial charge in [-0.05, 0) is 36.8 Å². The van der Waals surface area contributed by atoms with Gasteiger partial charge in [0.1, 0.15) is 11.6 Å². The minimum absolute atomic E-state index is 0.0116. The average molecular weight is 390 g/mol. The lowest BCUT2D eigenvalue weighted by Gasteiger charge is -2.26. The molecule has 0 unspecified atom stereocenters. The number of carbonyl (C=O) groups is 1. The standard InChI is InChI=1S/C20H24ClN3O3/c1-2-9-27-18-5-4-17(21)12-16(18)14-23-19-6-3-15(13-22-19)20(25)24-7-10-26-11-8-24/h3-6,12-13H,2,7-11,14H2,1H3,(H,22,23). The monoisotopic (exact) mass is 389 g/mol. The Hall–Kier alpha value is -2.31. The third kappa shape index (κ3) is 5.34. The SMILES string of the molecule is CCCOc1ccc(Cl)cc1CNc1ccc(C(=O)N2CCOCC2)cn1. The second-order valence-electron chi connectivity index (χ2n) is 6.29. The summed E-state index contributed by atoms with van der Waals surface area (Å²) in [5.41, 5.74) is 1.54. The Kier molecular flexibility index (Phi) is 6.90. The molecule has 1 saturated heterocycles. The number of hydrogen-bond donors (Lipinski definition) is 1. The summed E-state index contributed by atoms with van der Waals surface area (Å²) in [6.45, 7) is 5.66. The molecule has 0 bridgehead atoms. The largest absolute Gasteiger partial charge is 0.493 e. The molecule has 27 heavy (non-hydrogen) atoms. The van der Waals surface area contributed by atoms with Crippen molar-refractivity contribution in [2.24, 2.45) is 0 Å². The average Bonchev–Trinajstić information content (AvgIpc) is 2.72. The van der Waals surface area contributed by atoms with Gasteiger partial charge < -0.3 is 19.7 Å². The maximum absolute atomic E-state index is 12.5. The smallest absolute Gasteiger partial charge is 0.255 e. The Bertz CT molecular complexity index is 762. The van der Waals surface area contributed by atoms with E-state index in [0.717, 1.165) is 17.7 Å². The fourth-order valence-electron chi connectivity index (χ4n) is 2.80. The second kappa shape index (κ2) is 9.58. The van der Waals surface area contributed by atoms with E-state index in [1.807, 2.05) is 24.3 Å². The van der Waals surface area contributed by atoms with Gasteiger partial charge in [0.25, 0.3) is 5.91 Å². The molecule has 0 aliphatic carbocycles. The van der Waals surface area contributed by atoms with Gasteiger partial charge in [0.05, 0.1) is 25.4 Å². The van der Waals surface area contributed by atoms with Crippen molar-refractivity contribution in [1.82, 2.24) is 9.88 Å². The highest BCUT2D eigenvalue weighted by atomic mass is 35.5. The molecule has 1 aromatic carbocycles. The van der Waals surface area contributed by atoms with E-state index < -0.39 is 0 Å². The topological polar surface area (TPSA) is 63.7 Å². The van der Waals surface area contributed by atoms with Crippen molar-refractivity contribution in [2.45, 2.75) is 19.9 Å². The van der Waals surface area contributed by atoms with E-state index in [0.29, 0.717) is 55.9 Å². The molecule has 0 radical (unpaired) electrons. The van der Waals surface area contributed by atoms with E-state index in [1.165, 1.54) is 0 Å². The highest BCUT2D eigenvalue weighted by molar-refractivity contribution is 6.30. The molecule has 0 spiro atoms. The minimum atomic E-state index is -0.0116. The zero-order valence-electron chi connectivity index (χ0n) is 15.4. The van der Waals surface area contributed by atoms with Gasteiger partial charge in [-0.1, -0.05) is 18.5 Å². The van der Waals surface area contributed by atoms with E-state index in [2.05, 4.69) is 17.2 Å². The Morgan fingerprint density at radius 2 is 2.11 bits per heavy atom. The van der Waals surface area contributed by atoms with Crippen LogP contribution in [0, 0.1) is 0 Å². The number of rotatable bonds is 7. The molecule has 7 heteroatoms. The fraction of sp³-hybridized carbons (Fsp3) is 0.400. The molecule has 0 atom stereocenters. The van der Waals surface area contributed by atoms with Crippen LogP contribution in [0.2, 0.25) is 5.02 Å². The van der Waals surface area contributed by atoms with Crippen molar-refractivity contribution in [2.75, 3.05) is 38.2 Å². The van der Waals surface area contributed by atoms with Gasteiger partial charge in [0.15, 0.2) is 0 Å². The molecular weight excluding hydrogens is 366 g/mol.